The van der Waals surface area contributed by atoms with Gasteiger partial charge in [0.25, 0.3) is 0 Å². The minimum atomic E-state index is -0.560. The second-order valence-electron chi connectivity index (χ2n) is 5.28. The molecule has 0 bridgehead atoms. The van der Waals surface area contributed by atoms with Gasteiger partial charge in [-0.25, -0.2) is 9.59 Å². The standard InChI is InChI=1S/C16H22O6/c1-11-6-4-9-15(18)22-13(3)10-16(19)21-12(2)7-5-8-14(17)20-11/h4-5,8-9,11-13H,6-7,10H2,1-3H3/b8-5+,9-4+/t11-,12-,13-/m1/s1. The van der Waals surface area contributed by atoms with Gasteiger partial charge in [-0.1, -0.05) is 12.2 Å². The van der Waals surface area contributed by atoms with Crippen molar-refractivity contribution in [2.45, 2.75) is 58.3 Å². The van der Waals surface area contributed by atoms with E-state index in [0.717, 1.165) is 0 Å². The van der Waals surface area contributed by atoms with Crippen molar-refractivity contribution >= 4 is 17.9 Å². The van der Waals surface area contributed by atoms with E-state index in [1.54, 1.807) is 32.9 Å². The molecule has 0 saturated carbocycles. The number of ether oxygens (including phenoxy) is 3. The molecule has 1 aliphatic rings. The van der Waals surface area contributed by atoms with Crippen LogP contribution in [0.3, 0.4) is 0 Å². The first kappa shape index (κ1) is 17.9. The molecule has 122 valence electrons. The predicted molar refractivity (Wildman–Crippen MR) is 78.8 cm³/mol. The predicted octanol–water partition coefficient (Wildman–Crippen LogP) is 2.08. The summed E-state index contributed by atoms with van der Waals surface area (Å²) in [5.41, 5.74) is 0. The third-order valence-electron chi connectivity index (χ3n) is 2.87. The molecule has 0 fully saturated rings. The number of rotatable bonds is 0. The van der Waals surface area contributed by atoms with E-state index >= 15 is 0 Å². The van der Waals surface area contributed by atoms with Crippen molar-refractivity contribution in [1.82, 2.24) is 0 Å². The molecule has 1 heterocycles. The Bertz CT molecular complexity index is 465. The smallest absolute Gasteiger partial charge is 0.330 e. The molecule has 0 amide bonds. The molecule has 1 aliphatic heterocycles. The van der Waals surface area contributed by atoms with Crippen molar-refractivity contribution < 1.29 is 28.6 Å². The normalized spacial score (nSPS) is 31.6. The first-order valence-electron chi connectivity index (χ1n) is 7.30. The third-order valence-corrected chi connectivity index (χ3v) is 2.87. The van der Waals surface area contributed by atoms with Gasteiger partial charge in [0.2, 0.25) is 0 Å². The first-order valence-corrected chi connectivity index (χ1v) is 7.30. The van der Waals surface area contributed by atoms with Gasteiger partial charge in [-0.15, -0.1) is 0 Å². The van der Waals surface area contributed by atoms with Crippen molar-refractivity contribution in [3.63, 3.8) is 0 Å². The summed E-state index contributed by atoms with van der Waals surface area (Å²) in [5.74, 6) is -1.46. The second kappa shape index (κ2) is 9.02. The minimum absolute atomic E-state index is 0.00786. The van der Waals surface area contributed by atoms with Crippen LogP contribution in [0.2, 0.25) is 0 Å². The highest BCUT2D eigenvalue weighted by Gasteiger charge is 2.16. The molecule has 0 saturated heterocycles. The molecule has 3 atom stereocenters. The van der Waals surface area contributed by atoms with Crippen molar-refractivity contribution in [2.24, 2.45) is 0 Å². The van der Waals surface area contributed by atoms with Crippen LogP contribution in [0.5, 0.6) is 0 Å². The molecule has 0 aromatic heterocycles. The Hall–Kier alpha value is -2.11. The Morgan fingerprint density at radius 3 is 1.77 bits per heavy atom. The highest BCUT2D eigenvalue weighted by molar-refractivity contribution is 5.83. The number of carbonyl (C=O) groups is 3. The summed E-state index contributed by atoms with van der Waals surface area (Å²) in [6.45, 7) is 5.08. The molecular weight excluding hydrogens is 288 g/mol. The van der Waals surface area contributed by atoms with Crippen molar-refractivity contribution in [3.05, 3.63) is 24.3 Å². The Morgan fingerprint density at radius 1 is 0.773 bits per heavy atom. The molecule has 6 heteroatoms. The van der Waals surface area contributed by atoms with Crippen molar-refractivity contribution in [2.75, 3.05) is 0 Å². The van der Waals surface area contributed by atoms with E-state index < -0.39 is 24.0 Å². The maximum atomic E-state index is 11.7. The van der Waals surface area contributed by atoms with Gasteiger partial charge in [0.1, 0.15) is 18.3 Å². The zero-order chi connectivity index (χ0) is 16.5. The maximum absolute atomic E-state index is 11.7. The summed E-state index contributed by atoms with van der Waals surface area (Å²) >= 11 is 0. The van der Waals surface area contributed by atoms with Gasteiger partial charge in [0, 0.05) is 25.0 Å². The van der Waals surface area contributed by atoms with Crippen molar-refractivity contribution in [3.8, 4) is 0 Å². The molecule has 0 radical (unpaired) electrons. The Kier molecular flexibility index (Phi) is 7.36. The molecule has 1 rings (SSSR count). The average molecular weight is 310 g/mol. The van der Waals surface area contributed by atoms with Gasteiger partial charge >= 0.3 is 17.9 Å². The summed E-state index contributed by atoms with van der Waals surface area (Å²) in [4.78, 5) is 34.7. The number of cyclic esters (lactones) is 3. The van der Waals surface area contributed by atoms with E-state index in [-0.39, 0.29) is 18.6 Å². The summed E-state index contributed by atoms with van der Waals surface area (Å²) in [6.07, 6.45) is 5.28. The van der Waals surface area contributed by atoms with Gasteiger partial charge < -0.3 is 14.2 Å². The van der Waals surface area contributed by atoms with Gasteiger partial charge in [0.05, 0.1) is 6.42 Å². The first-order chi connectivity index (χ1) is 10.4. The van der Waals surface area contributed by atoms with Crippen LogP contribution in [0.1, 0.15) is 40.0 Å². The lowest BCUT2D eigenvalue weighted by Gasteiger charge is -2.15. The molecule has 22 heavy (non-hydrogen) atoms. The molecule has 0 aliphatic carbocycles. The van der Waals surface area contributed by atoms with Crippen LogP contribution < -0.4 is 0 Å². The van der Waals surface area contributed by atoms with Crippen LogP contribution in [-0.4, -0.2) is 36.2 Å². The molecule has 0 spiro atoms. The van der Waals surface area contributed by atoms with E-state index in [2.05, 4.69) is 0 Å². The summed E-state index contributed by atoms with van der Waals surface area (Å²) in [6, 6.07) is 0. The molecule has 0 aromatic carbocycles. The third kappa shape index (κ3) is 7.61. The molecule has 0 unspecified atom stereocenters. The minimum Gasteiger partial charge on any atom is -0.462 e. The van der Waals surface area contributed by atoms with Crippen LogP contribution in [-0.2, 0) is 28.6 Å². The molecule has 0 N–H and O–H groups in total. The van der Waals surface area contributed by atoms with E-state index in [0.29, 0.717) is 12.8 Å². The number of carbonyl (C=O) groups excluding carboxylic acids is 3. The molecule has 0 aromatic rings. The van der Waals surface area contributed by atoms with Crippen LogP contribution in [0.15, 0.2) is 24.3 Å². The lowest BCUT2D eigenvalue weighted by molar-refractivity contribution is -0.154. The van der Waals surface area contributed by atoms with Gasteiger partial charge in [-0.2, -0.15) is 0 Å². The topological polar surface area (TPSA) is 78.9 Å². The average Bonchev–Trinajstić information content (AvgIpc) is 2.36. The summed E-state index contributed by atoms with van der Waals surface area (Å²) in [5, 5.41) is 0. The van der Waals surface area contributed by atoms with Crippen LogP contribution in [0, 0.1) is 0 Å². The van der Waals surface area contributed by atoms with E-state index in [4.69, 9.17) is 14.2 Å². The highest BCUT2D eigenvalue weighted by atomic mass is 16.6. The molecular formula is C16H22O6. The van der Waals surface area contributed by atoms with Crippen LogP contribution in [0.4, 0.5) is 0 Å². The number of hydrogen-bond donors (Lipinski definition) is 0. The summed E-state index contributed by atoms with van der Waals surface area (Å²) in [7, 11) is 0. The maximum Gasteiger partial charge on any atom is 0.330 e. The van der Waals surface area contributed by atoms with E-state index in [9.17, 15) is 14.4 Å². The zero-order valence-electron chi connectivity index (χ0n) is 13.1. The SMILES string of the molecule is C[C@@H]1C/C=C/C(=O)O[C@H](C)CC(=O)O[C@H](C)C/C=C/C(=O)O1. The van der Waals surface area contributed by atoms with E-state index in [1.807, 2.05) is 0 Å². The Balaban J connectivity index is 2.73. The fraction of sp³-hybridized carbons (Fsp3) is 0.562. The lowest BCUT2D eigenvalue weighted by atomic mass is 10.2. The van der Waals surface area contributed by atoms with Crippen molar-refractivity contribution in [1.29, 1.82) is 0 Å². The van der Waals surface area contributed by atoms with Crippen LogP contribution >= 0.6 is 0 Å². The van der Waals surface area contributed by atoms with Gasteiger partial charge in [-0.05, 0) is 20.8 Å². The Morgan fingerprint density at radius 2 is 1.23 bits per heavy atom. The monoisotopic (exact) mass is 310 g/mol. The second-order valence-corrected chi connectivity index (χ2v) is 5.28. The quantitative estimate of drug-likeness (QED) is 0.503. The Labute approximate surface area is 130 Å². The van der Waals surface area contributed by atoms with Crippen LogP contribution in [0.25, 0.3) is 0 Å². The fourth-order valence-electron chi connectivity index (χ4n) is 1.83. The lowest BCUT2D eigenvalue weighted by Crippen LogP contribution is -2.22. The van der Waals surface area contributed by atoms with Gasteiger partial charge in [-0.3, -0.25) is 4.79 Å². The largest absolute Gasteiger partial charge is 0.462 e. The number of hydrogen-bond acceptors (Lipinski definition) is 6. The molecule has 6 nitrogen and oxygen atoms in total. The highest BCUT2D eigenvalue weighted by Crippen LogP contribution is 2.07. The number of esters is 3. The summed E-state index contributed by atoms with van der Waals surface area (Å²) < 4.78 is 15.4. The zero-order valence-corrected chi connectivity index (χ0v) is 13.1. The van der Waals surface area contributed by atoms with E-state index in [1.165, 1.54) is 12.2 Å². The van der Waals surface area contributed by atoms with Gasteiger partial charge in [0.15, 0.2) is 0 Å². The fourth-order valence-corrected chi connectivity index (χ4v) is 1.83.